The Kier molecular flexibility index (Phi) is 5.44. The van der Waals surface area contributed by atoms with Crippen LogP contribution in [0, 0.1) is 24.1 Å². The van der Waals surface area contributed by atoms with Crippen molar-refractivity contribution in [2.75, 3.05) is 31.7 Å². The van der Waals surface area contributed by atoms with Crippen molar-refractivity contribution >= 4 is 29.0 Å². The smallest absolute Gasteiger partial charge is 0.258 e. The first kappa shape index (κ1) is 23.1. The topological polar surface area (TPSA) is 113 Å². The van der Waals surface area contributed by atoms with E-state index in [0.29, 0.717) is 28.6 Å². The summed E-state index contributed by atoms with van der Waals surface area (Å²) in [5.41, 5.74) is 8.28. The van der Waals surface area contributed by atoms with E-state index >= 15 is 4.39 Å². The number of nitrogens with one attached hydrogen (secondary N) is 1. The number of aromatic nitrogens is 3. The van der Waals surface area contributed by atoms with Gasteiger partial charge in [-0.05, 0) is 44.4 Å². The Balaban J connectivity index is 1.58. The van der Waals surface area contributed by atoms with Crippen LogP contribution in [-0.2, 0) is 5.41 Å². The van der Waals surface area contributed by atoms with E-state index in [0.717, 1.165) is 30.5 Å². The molecule has 35 heavy (non-hydrogen) atoms. The Hall–Kier alpha value is -3.64. The largest absolute Gasteiger partial charge is 0.398 e. The molecule has 1 amide bonds. The molecular formula is C25H25ClFN7O. The minimum Gasteiger partial charge on any atom is -0.398 e. The predicted octanol–water partition coefficient (Wildman–Crippen LogP) is 4.29. The van der Waals surface area contributed by atoms with Gasteiger partial charge in [0.2, 0.25) is 0 Å². The molecule has 1 aliphatic heterocycles. The zero-order valence-electron chi connectivity index (χ0n) is 19.7. The SMILES string of the molecule is Cc1cc(C#N)n([C@H]2CC[C@@]3(CNc4ncc(-c5ccc(N)c(C(=O)N(C)C)c5F)c(Cl)c43)C2)n1. The van der Waals surface area contributed by atoms with E-state index in [1.807, 2.05) is 11.6 Å². The van der Waals surface area contributed by atoms with Crippen molar-refractivity contribution in [2.24, 2.45) is 0 Å². The maximum Gasteiger partial charge on any atom is 0.258 e. The lowest BCUT2D eigenvalue weighted by molar-refractivity contribution is 0.0824. The number of nitrogen functional groups attached to an aromatic ring is 1. The van der Waals surface area contributed by atoms with Gasteiger partial charge in [-0.3, -0.25) is 9.48 Å². The van der Waals surface area contributed by atoms with Crippen LogP contribution in [0.5, 0.6) is 0 Å². The van der Waals surface area contributed by atoms with E-state index in [1.165, 1.54) is 23.2 Å². The third-order valence-electron chi connectivity index (χ3n) is 7.13. The second-order valence-electron chi connectivity index (χ2n) is 9.56. The van der Waals surface area contributed by atoms with Gasteiger partial charge in [0.15, 0.2) is 0 Å². The number of halogens is 2. The van der Waals surface area contributed by atoms with Crippen LogP contribution in [0.1, 0.15) is 52.6 Å². The van der Waals surface area contributed by atoms with Gasteiger partial charge < -0.3 is 16.0 Å². The number of rotatable bonds is 3. The van der Waals surface area contributed by atoms with E-state index in [9.17, 15) is 10.1 Å². The van der Waals surface area contributed by atoms with Crippen LogP contribution in [0.3, 0.4) is 0 Å². The number of carbonyl (C=O) groups excluding carboxylic acids is 1. The highest BCUT2D eigenvalue weighted by molar-refractivity contribution is 6.34. The maximum atomic E-state index is 15.6. The molecule has 0 unspecified atom stereocenters. The van der Waals surface area contributed by atoms with Crippen molar-refractivity contribution in [3.05, 3.63) is 57.8 Å². The highest BCUT2D eigenvalue weighted by Gasteiger charge is 2.48. The Labute approximate surface area is 207 Å². The monoisotopic (exact) mass is 493 g/mol. The Morgan fingerprint density at radius 3 is 2.89 bits per heavy atom. The summed E-state index contributed by atoms with van der Waals surface area (Å²) in [4.78, 5) is 18.4. The summed E-state index contributed by atoms with van der Waals surface area (Å²) in [6.45, 7) is 2.52. The molecule has 1 aromatic carbocycles. The summed E-state index contributed by atoms with van der Waals surface area (Å²) < 4.78 is 17.4. The molecule has 5 rings (SSSR count). The number of pyridine rings is 1. The number of amides is 1. The lowest BCUT2D eigenvalue weighted by atomic mass is 9.80. The van der Waals surface area contributed by atoms with Crippen LogP contribution in [0.15, 0.2) is 24.4 Å². The molecule has 8 nitrogen and oxygen atoms in total. The molecule has 2 atom stereocenters. The molecule has 1 saturated carbocycles. The Morgan fingerprint density at radius 2 is 2.17 bits per heavy atom. The van der Waals surface area contributed by atoms with Gasteiger partial charge >= 0.3 is 0 Å². The van der Waals surface area contributed by atoms with Crippen LogP contribution in [0.4, 0.5) is 15.9 Å². The number of nitrogens with zero attached hydrogens (tertiary/aromatic N) is 5. The first-order valence-corrected chi connectivity index (χ1v) is 11.7. The van der Waals surface area contributed by atoms with Crippen molar-refractivity contribution < 1.29 is 9.18 Å². The number of hydrogen-bond donors (Lipinski definition) is 2. The second kappa shape index (κ2) is 8.24. The van der Waals surface area contributed by atoms with Crippen LogP contribution in [0.25, 0.3) is 11.1 Å². The van der Waals surface area contributed by atoms with Crippen molar-refractivity contribution in [1.29, 1.82) is 5.26 Å². The van der Waals surface area contributed by atoms with E-state index in [4.69, 9.17) is 17.3 Å². The van der Waals surface area contributed by atoms with Crippen LogP contribution in [0.2, 0.25) is 5.02 Å². The number of nitriles is 1. The Morgan fingerprint density at radius 1 is 1.40 bits per heavy atom. The van der Waals surface area contributed by atoms with Crippen LogP contribution >= 0.6 is 11.6 Å². The summed E-state index contributed by atoms with van der Waals surface area (Å²) in [5, 5.41) is 17.8. The summed E-state index contributed by atoms with van der Waals surface area (Å²) in [6, 6.07) is 7.11. The van der Waals surface area contributed by atoms with Gasteiger partial charge in [-0.1, -0.05) is 11.6 Å². The minimum absolute atomic E-state index is 0.0448. The molecule has 3 aromatic rings. The third kappa shape index (κ3) is 3.51. The van der Waals surface area contributed by atoms with E-state index < -0.39 is 11.7 Å². The van der Waals surface area contributed by atoms with E-state index in [-0.39, 0.29) is 28.3 Å². The maximum absolute atomic E-state index is 15.6. The number of nitrogens with two attached hydrogens (primary N) is 1. The molecule has 0 saturated heterocycles. The summed E-state index contributed by atoms with van der Waals surface area (Å²) in [7, 11) is 3.09. The van der Waals surface area contributed by atoms with Crippen LogP contribution < -0.4 is 11.1 Å². The first-order valence-electron chi connectivity index (χ1n) is 11.4. The van der Waals surface area contributed by atoms with Crippen molar-refractivity contribution in [2.45, 2.75) is 37.6 Å². The van der Waals surface area contributed by atoms with E-state index in [1.54, 1.807) is 20.2 Å². The quantitative estimate of drug-likeness (QED) is 0.526. The number of benzene rings is 1. The molecule has 1 fully saturated rings. The fraction of sp³-hybridized carbons (Fsp3) is 0.360. The molecule has 10 heteroatoms. The summed E-state index contributed by atoms with van der Waals surface area (Å²) in [5.74, 6) is -0.564. The zero-order chi connectivity index (χ0) is 25.1. The molecule has 3 heterocycles. The van der Waals surface area contributed by atoms with Crippen molar-refractivity contribution in [1.82, 2.24) is 19.7 Å². The van der Waals surface area contributed by atoms with Gasteiger partial charge in [-0.2, -0.15) is 10.4 Å². The molecule has 180 valence electrons. The molecule has 2 aromatic heterocycles. The standard InChI is InChI=1S/C25H25ClFN7O/c1-13-8-15(10-28)34(32-13)14-6-7-25(9-14)12-31-23-20(25)21(26)17(11-30-23)16-4-5-18(29)19(22(16)27)24(35)33(2)3/h4-5,8,11,14H,6-7,9,12,29H2,1-3H3,(H,30,31)/t14-,25-/m0/s1. The predicted molar refractivity (Wildman–Crippen MR) is 132 cm³/mol. The second-order valence-corrected chi connectivity index (χ2v) is 9.94. The normalized spacial score (nSPS) is 20.5. The molecule has 1 spiro atoms. The molecule has 1 aliphatic carbocycles. The average molecular weight is 494 g/mol. The number of anilines is 2. The summed E-state index contributed by atoms with van der Waals surface area (Å²) in [6.07, 6.45) is 3.90. The first-order chi connectivity index (χ1) is 16.7. The molecular weight excluding hydrogens is 469 g/mol. The average Bonchev–Trinajstić information content (AvgIpc) is 3.52. The molecule has 0 bridgehead atoms. The number of fused-ring (bicyclic) bond motifs is 2. The molecule has 3 N–H and O–H groups in total. The minimum atomic E-state index is -0.720. The Bertz CT molecular complexity index is 1410. The van der Waals surface area contributed by atoms with Gasteiger partial charge in [0, 0.05) is 54.6 Å². The highest BCUT2D eigenvalue weighted by Crippen LogP contribution is 2.54. The zero-order valence-corrected chi connectivity index (χ0v) is 20.4. The van der Waals surface area contributed by atoms with Gasteiger partial charge in [0.05, 0.1) is 22.3 Å². The number of carbonyl (C=O) groups is 1. The van der Waals surface area contributed by atoms with Gasteiger partial charge in [-0.25, -0.2) is 9.37 Å². The summed E-state index contributed by atoms with van der Waals surface area (Å²) >= 11 is 6.97. The number of aryl methyl sites for hydroxylation is 1. The van der Waals surface area contributed by atoms with Crippen molar-refractivity contribution in [3.8, 4) is 17.2 Å². The van der Waals surface area contributed by atoms with Crippen LogP contribution in [-0.4, -0.2) is 46.2 Å². The lowest BCUT2D eigenvalue weighted by Crippen LogP contribution is -2.26. The lowest BCUT2D eigenvalue weighted by Gasteiger charge is -2.25. The molecule has 0 radical (unpaired) electrons. The molecule has 2 aliphatic rings. The van der Waals surface area contributed by atoms with Crippen molar-refractivity contribution in [3.63, 3.8) is 0 Å². The van der Waals surface area contributed by atoms with Gasteiger partial charge in [0.25, 0.3) is 5.91 Å². The van der Waals surface area contributed by atoms with E-state index in [2.05, 4.69) is 21.5 Å². The fourth-order valence-corrected chi connectivity index (χ4v) is 5.89. The van der Waals surface area contributed by atoms with Gasteiger partial charge in [0.1, 0.15) is 23.4 Å². The highest BCUT2D eigenvalue weighted by atomic mass is 35.5. The third-order valence-corrected chi connectivity index (χ3v) is 7.52. The van der Waals surface area contributed by atoms with Gasteiger partial charge in [-0.15, -0.1) is 0 Å². The number of hydrogen-bond acceptors (Lipinski definition) is 6. The fourth-order valence-electron chi connectivity index (χ4n) is 5.45.